The van der Waals surface area contributed by atoms with E-state index in [1.807, 2.05) is 0 Å². The average Bonchev–Trinajstić information content (AvgIpc) is 3.60. The Balaban J connectivity index is 0.962. The summed E-state index contributed by atoms with van der Waals surface area (Å²) in [6, 6.07) is 24.3. The van der Waals surface area contributed by atoms with E-state index in [-0.39, 0.29) is 36.7 Å². The number of urea groups is 1. The zero-order valence-corrected chi connectivity index (χ0v) is 24.8. The van der Waals surface area contributed by atoms with Crippen LogP contribution in [-0.2, 0) is 22.8 Å². The van der Waals surface area contributed by atoms with Crippen molar-refractivity contribution in [1.29, 1.82) is 0 Å². The molecule has 4 amide bonds. The number of ether oxygens (including phenoxy) is 2. The minimum atomic E-state index is -0.726. The molecule has 4 aromatic rings. The van der Waals surface area contributed by atoms with E-state index in [0.29, 0.717) is 59.9 Å². The Kier molecular flexibility index (Phi) is 9.09. The van der Waals surface area contributed by atoms with Crippen LogP contribution in [0, 0.1) is 11.6 Å². The largest absolute Gasteiger partial charge is 0.489 e. The number of benzene rings is 4. The summed E-state index contributed by atoms with van der Waals surface area (Å²) >= 11 is 0. The summed E-state index contributed by atoms with van der Waals surface area (Å²) in [7, 11) is 0. The van der Waals surface area contributed by atoms with Crippen molar-refractivity contribution < 1.29 is 32.6 Å². The molecule has 2 N–H and O–H groups in total. The second-order valence-electron chi connectivity index (χ2n) is 11.1. The van der Waals surface area contributed by atoms with Crippen LogP contribution in [0.25, 0.3) is 0 Å². The Morgan fingerprint density at radius 2 is 1.07 bits per heavy atom. The number of hydrogen-bond donors (Lipinski definition) is 2. The summed E-state index contributed by atoms with van der Waals surface area (Å²) in [4.78, 5) is 42.2. The Morgan fingerprint density at radius 3 is 1.46 bits per heavy atom. The van der Waals surface area contributed by atoms with Crippen LogP contribution >= 0.6 is 0 Å². The van der Waals surface area contributed by atoms with Crippen molar-refractivity contribution in [3.8, 4) is 11.5 Å². The van der Waals surface area contributed by atoms with Crippen LogP contribution in [0.4, 0.5) is 25.0 Å². The van der Waals surface area contributed by atoms with Crippen molar-refractivity contribution in [2.75, 3.05) is 22.9 Å². The van der Waals surface area contributed by atoms with Crippen molar-refractivity contribution >= 4 is 29.2 Å². The summed E-state index contributed by atoms with van der Waals surface area (Å²) in [6.45, 7) is 1.27. The van der Waals surface area contributed by atoms with Gasteiger partial charge in [-0.15, -0.1) is 0 Å². The lowest BCUT2D eigenvalue weighted by atomic mass is 10.2. The molecule has 0 aliphatic carbocycles. The van der Waals surface area contributed by atoms with E-state index >= 15 is 0 Å². The van der Waals surface area contributed by atoms with Gasteiger partial charge in [-0.1, -0.05) is 24.3 Å². The second kappa shape index (κ2) is 13.7. The molecule has 2 fully saturated rings. The number of amides is 4. The molecule has 11 heteroatoms. The summed E-state index contributed by atoms with van der Waals surface area (Å²) in [5, 5.41) is 5.43. The van der Waals surface area contributed by atoms with Crippen LogP contribution in [0.1, 0.15) is 24.0 Å². The van der Waals surface area contributed by atoms with E-state index in [0.717, 1.165) is 0 Å². The molecule has 2 saturated heterocycles. The normalized spacial score (nSPS) is 17.7. The number of hydrogen-bond acceptors (Lipinski definition) is 5. The number of anilines is 2. The molecule has 0 spiro atoms. The number of carbonyl (C=O) groups is 3. The van der Waals surface area contributed by atoms with Crippen LogP contribution < -0.4 is 29.9 Å². The molecule has 4 aromatic carbocycles. The molecular weight excluding hydrogens is 594 g/mol. The third-order valence-electron chi connectivity index (χ3n) is 7.91. The fourth-order valence-corrected chi connectivity index (χ4v) is 5.53. The highest BCUT2D eigenvalue weighted by atomic mass is 19.1. The quantitative estimate of drug-likeness (QED) is 0.248. The van der Waals surface area contributed by atoms with Gasteiger partial charge < -0.3 is 29.9 Å². The van der Waals surface area contributed by atoms with Crippen molar-refractivity contribution in [2.45, 2.75) is 38.1 Å². The van der Waals surface area contributed by atoms with Gasteiger partial charge in [0.1, 0.15) is 48.4 Å². The fourth-order valence-electron chi connectivity index (χ4n) is 5.53. The lowest BCUT2D eigenvalue weighted by Gasteiger charge is -2.19. The molecule has 2 atom stereocenters. The Bertz CT molecular complexity index is 1590. The fraction of sp³-hybridized carbons (Fsp3) is 0.229. The molecule has 2 aliphatic heterocycles. The van der Waals surface area contributed by atoms with E-state index in [4.69, 9.17) is 9.47 Å². The van der Waals surface area contributed by atoms with E-state index in [1.54, 1.807) is 82.6 Å². The first-order chi connectivity index (χ1) is 22.3. The van der Waals surface area contributed by atoms with Gasteiger partial charge in [-0.2, -0.15) is 0 Å². The van der Waals surface area contributed by atoms with Crippen molar-refractivity contribution in [1.82, 2.24) is 10.6 Å². The van der Waals surface area contributed by atoms with Crippen LogP contribution in [0.5, 0.6) is 11.5 Å². The standard InChI is InChI=1S/C35H32F2N4O5/c36-25-5-1-3-23(19-25)21-45-29-11-7-27(8-12-29)40-17-15-31(33(40)42)38-35(44)39-32-16-18-41(34(32)43)28-9-13-30(14-10-28)46-22-24-4-2-6-26(37)20-24/h1-14,19-20,31-32H,15-18,21-22H2,(H2,38,39,44). The molecule has 0 aromatic heterocycles. The number of halogens is 2. The molecule has 0 radical (unpaired) electrons. The van der Waals surface area contributed by atoms with E-state index in [9.17, 15) is 23.2 Å². The summed E-state index contributed by atoms with van der Waals surface area (Å²) < 4.78 is 38.2. The monoisotopic (exact) mass is 626 g/mol. The summed E-state index contributed by atoms with van der Waals surface area (Å²) in [6.07, 6.45) is 0.838. The van der Waals surface area contributed by atoms with Crippen LogP contribution in [0.15, 0.2) is 97.1 Å². The maximum Gasteiger partial charge on any atom is 0.316 e. The number of nitrogens with one attached hydrogen (secondary N) is 2. The molecule has 236 valence electrons. The summed E-state index contributed by atoms with van der Waals surface area (Å²) in [5.74, 6) is 0.00593. The maximum atomic E-state index is 13.4. The van der Waals surface area contributed by atoms with Gasteiger partial charge in [0.15, 0.2) is 0 Å². The second-order valence-corrected chi connectivity index (χ2v) is 11.1. The van der Waals surface area contributed by atoms with Gasteiger partial charge in [0.2, 0.25) is 11.8 Å². The zero-order valence-electron chi connectivity index (χ0n) is 24.8. The van der Waals surface area contributed by atoms with Gasteiger partial charge in [-0.3, -0.25) is 9.59 Å². The third-order valence-corrected chi connectivity index (χ3v) is 7.91. The predicted molar refractivity (Wildman–Crippen MR) is 168 cm³/mol. The predicted octanol–water partition coefficient (Wildman–Crippen LogP) is 5.33. The molecule has 9 nitrogen and oxygen atoms in total. The lowest BCUT2D eigenvalue weighted by molar-refractivity contribution is -0.119. The highest BCUT2D eigenvalue weighted by Gasteiger charge is 2.37. The topological polar surface area (TPSA) is 100 Å². The molecule has 2 heterocycles. The van der Waals surface area contributed by atoms with Crippen LogP contribution in [-0.4, -0.2) is 43.0 Å². The smallest absolute Gasteiger partial charge is 0.316 e. The molecule has 6 rings (SSSR count). The Morgan fingerprint density at radius 1 is 0.652 bits per heavy atom. The molecule has 46 heavy (non-hydrogen) atoms. The minimum absolute atomic E-state index is 0.211. The van der Waals surface area contributed by atoms with Gasteiger partial charge in [0, 0.05) is 24.5 Å². The molecule has 2 unspecified atom stereocenters. The van der Waals surface area contributed by atoms with Gasteiger partial charge in [-0.25, -0.2) is 13.6 Å². The summed E-state index contributed by atoms with van der Waals surface area (Å²) in [5.41, 5.74) is 2.74. The highest BCUT2D eigenvalue weighted by molar-refractivity contribution is 6.03. The van der Waals surface area contributed by atoms with Crippen molar-refractivity contribution in [3.63, 3.8) is 0 Å². The zero-order chi connectivity index (χ0) is 32.0. The number of nitrogens with zero attached hydrogens (tertiary/aromatic N) is 2. The van der Waals surface area contributed by atoms with Crippen molar-refractivity contribution in [2.24, 2.45) is 0 Å². The van der Waals surface area contributed by atoms with E-state index in [1.165, 1.54) is 24.3 Å². The first-order valence-corrected chi connectivity index (χ1v) is 15.0. The lowest BCUT2D eigenvalue weighted by Crippen LogP contribution is -2.51. The van der Waals surface area contributed by atoms with Crippen LogP contribution in [0.3, 0.4) is 0 Å². The maximum absolute atomic E-state index is 13.4. The average molecular weight is 627 g/mol. The van der Waals surface area contributed by atoms with Gasteiger partial charge in [0.25, 0.3) is 0 Å². The van der Waals surface area contributed by atoms with Gasteiger partial charge in [0.05, 0.1) is 0 Å². The van der Waals surface area contributed by atoms with Crippen LogP contribution in [0.2, 0.25) is 0 Å². The Hall–Kier alpha value is -5.45. The van der Waals surface area contributed by atoms with Gasteiger partial charge >= 0.3 is 6.03 Å². The number of rotatable bonds is 10. The van der Waals surface area contributed by atoms with E-state index in [2.05, 4.69) is 10.6 Å². The minimum Gasteiger partial charge on any atom is -0.489 e. The molecular formula is C35H32F2N4O5. The SMILES string of the molecule is O=C(NC1CCN(c2ccc(OCc3cccc(F)c3)cc2)C1=O)NC1CCN(c2ccc(OCc3cccc(F)c3)cc2)C1=O. The molecule has 0 bridgehead atoms. The third kappa shape index (κ3) is 7.26. The van der Waals surface area contributed by atoms with E-state index < -0.39 is 18.1 Å². The first-order valence-electron chi connectivity index (χ1n) is 15.0. The van der Waals surface area contributed by atoms with Crippen molar-refractivity contribution in [3.05, 3.63) is 120 Å². The number of carbonyl (C=O) groups excluding carboxylic acids is 3. The van der Waals surface area contributed by atoms with Gasteiger partial charge in [-0.05, 0) is 96.8 Å². The first kappa shape index (κ1) is 30.6. The molecule has 0 saturated carbocycles. The highest BCUT2D eigenvalue weighted by Crippen LogP contribution is 2.26. The Labute approximate surface area is 264 Å². The molecule has 2 aliphatic rings.